The molecule has 0 saturated heterocycles. The van der Waals surface area contributed by atoms with Crippen LogP contribution in [0.25, 0.3) is 0 Å². The fourth-order valence-corrected chi connectivity index (χ4v) is 7.18. The predicted octanol–water partition coefficient (Wildman–Crippen LogP) is 5.59. The highest BCUT2D eigenvalue weighted by molar-refractivity contribution is 6.74. The molecule has 1 fully saturated rings. The van der Waals surface area contributed by atoms with Gasteiger partial charge in [-0.25, -0.2) is 0 Å². The van der Waals surface area contributed by atoms with E-state index in [1.807, 2.05) is 0 Å². The Morgan fingerprint density at radius 3 is 2.35 bits per heavy atom. The molecule has 3 heteroatoms. The first-order valence-electron chi connectivity index (χ1n) is 9.20. The van der Waals surface area contributed by atoms with E-state index < -0.39 is 8.32 Å². The average molecular weight is 337 g/mol. The van der Waals surface area contributed by atoms with Gasteiger partial charge in [0.1, 0.15) is 6.29 Å². The van der Waals surface area contributed by atoms with Crippen molar-refractivity contribution in [2.24, 2.45) is 23.2 Å². The fraction of sp³-hybridized carbons (Fsp3) is 0.850. The Balaban J connectivity index is 2.30. The van der Waals surface area contributed by atoms with Crippen LogP contribution in [-0.4, -0.2) is 20.7 Å². The Morgan fingerprint density at radius 2 is 1.87 bits per heavy atom. The normalized spacial score (nSPS) is 31.0. The first-order valence-corrected chi connectivity index (χ1v) is 12.1. The molecule has 0 N–H and O–H groups in total. The molecule has 2 nitrogen and oxygen atoms in total. The van der Waals surface area contributed by atoms with Gasteiger partial charge in [0, 0.05) is 11.8 Å². The highest BCUT2D eigenvalue weighted by Gasteiger charge is 2.52. The van der Waals surface area contributed by atoms with E-state index in [1.165, 1.54) is 5.57 Å². The lowest BCUT2D eigenvalue weighted by Crippen LogP contribution is -2.49. The van der Waals surface area contributed by atoms with Gasteiger partial charge in [-0.2, -0.15) is 0 Å². The van der Waals surface area contributed by atoms with E-state index in [0.717, 1.165) is 24.7 Å². The molecule has 0 heterocycles. The minimum atomic E-state index is -1.89. The van der Waals surface area contributed by atoms with E-state index in [0.29, 0.717) is 17.3 Å². The number of rotatable bonds is 5. The zero-order valence-corrected chi connectivity index (χ0v) is 17.6. The lowest BCUT2D eigenvalue weighted by molar-refractivity contribution is -0.105. The van der Waals surface area contributed by atoms with Gasteiger partial charge in [0.15, 0.2) is 8.32 Å². The minimum Gasteiger partial charge on any atom is -0.413 e. The van der Waals surface area contributed by atoms with Gasteiger partial charge >= 0.3 is 0 Å². The topological polar surface area (TPSA) is 26.3 Å². The number of hydrogen-bond acceptors (Lipinski definition) is 2. The summed E-state index contributed by atoms with van der Waals surface area (Å²) in [5, 5.41) is 0.213. The van der Waals surface area contributed by atoms with Gasteiger partial charge in [-0.15, -0.1) is 0 Å². The van der Waals surface area contributed by atoms with E-state index in [-0.39, 0.29) is 17.1 Å². The van der Waals surface area contributed by atoms with Crippen LogP contribution in [-0.2, 0) is 9.22 Å². The summed E-state index contributed by atoms with van der Waals surface area (Å²) in [4.78, 5) is 11.7. The average Bonchev–Trinajstić information content (AvgIpc) is 2.81. The molecule has 1 unspecified atom stereocenters. The molecule has 132 valence electrons. The van der Waals surface area contributed by atoms with Crippen LogP contribution in [0.15, 0.2) is 11.1 Å². The Labute approximate surface area is 144 Å². The Hall–Kier alpha value is -0.413. The van der Waals surface area contributed by atoms with Crippen LogP contribution in [0.2, 0.25) is 18.1 Å². The Kier molecular flexibility index (Phi) is 4.80. The second-order valence-corrected chi connectivity index (χ2v) is 14.6. The summed E-state index contributed by atoms with van der Waals surface area (Å²) in [7, 11) is -1.89. The van der Waals surface area contributed by atoms with Crippen LogP contribution in [0.4, 0.5) is 0 Å². The molecule has 0 aromatic rings. The smallest absolute Gasteiger partial charge is 0.193 e. The van der Waals surface area contributed by atoms with Crippen molar-refractivity contribution in [3.8, 4) is 0 Å². The summed E-state index contributed by atoms with van der Waals surface area (Å²) >= 11 is 0. The molecule has 2 rings (SSSR count). The quantitative estimate of drug-likeness (QED) is 0.483. The van der Waals surface area contributed by atoms with Crippen molar-refractivity contribution < 1.29 is 9.22 Å². The molecule has 2 aliphatic carbocycles. The largest absolute Gasteiger partial charge is 0.413 e. The zero-order valence-electron chi connectivity index (χ0n) is 16.6. The van der Waals surface area contributed by atoms with Crippen molar-refractivity contribution in [3.05, 3.63) is 11.1 Å². The van der Waals surface area contributed by atoms with Crippen molar-refractivity contribution in [1.82, 2.24) is 0 Å². The summed E-state index contributed by atoms with van der Waals surface area (Å²) in [6, 6.07) is 0. The maximum atomic E-state index is 11.7. The van der Waals surface area contributed by atoms with Crippen molar-refractivity contribution in [2.75, 3.05) is 0 Å². The summed E-state index contributed by atoms with van der Waals surface area (Å²) < 4.78 is 6.91. The molecule has 0 bridgehead atoms. The number of hydrogen-bond donors (Lipinski definition) is 0. The summed E-state index contributed by atoms with van der Waals surface area (Å²) in [5.41, 5.74) is 2.74. The third-order valence-electron chi connectivity index (χ3n) is 7.19. The van der Waals surface area contributed by atoms with Crippen LogP contribution >= 0.6 is 0 Å². The standard InChI is InChI=1S/C20H36O2Si/c1-13(2)20(6,7)23(8,9)22-18-14(3)17(12-21)15-10-19(4,5)11-16(15)18/h12-14,16,18H,10-11H2,1-9H3/t14?,16-,18-/m1/s1. The predicted molar refractivity (Wildman–Crippen MR) is 100.0 cm³/mol. The number of aldehydes is 1. The molecule has 23 heavy (non-hydrogen) atoms. The van der Waals surface area contributed by atoms with E-state index >= 15 is 0 Å². The Bertz CT molecular complexity index is 514. The first-order chi connectivity index (χ1) is 10.3. The van der Waals surface area contributed by atoms with Gasteiger partial charge < -0.3 is 4.43 Å². The Morgan fingerprint density at radius 1 is 1.30 bits per heavy atom. The van der Waals surface area contributed by atoms with E-state index in [2.05, 4.69) is 61.6 Å². The third-order valence-corrected chi connectivity index (χ3v) is 11.7. The minimum absolute atomic E-state index is 0.201. The SMILES string of the molecule is CC1C(C=O)=C2CC(C)(C)C[C@H]2[C@@H]1O[Si](C)(C)C(C)(C)C(C)C. The molecule has 0 amide bonds. The molecular weight excluding hydrogens is 300 g/mol. The highest BCUT2D eigenvalue weighted by atomic mass is 28.4. The van der Waals surface area contributed by atoms with Crippen molar-refractivity contribution in [1.29, 1.82) is 0 Å². The van der Waals surface area contributed by atoms with E-state index in [9.17, 15) is 4.79 Å². The number of carbonyl (C=O) groups is 1. The van der Waals surface area contributed by atoms with Crippen molar-refractivity contribution >= 4 is 14.6 Å². The van der Waals surface area contributed by atoms with Gasteiger partial charge in [0.25, 0.3) is 0 Å². The van der Waals surface area contributed by atoms with Gasteiger partial charge in [0.2, 0.25) is 0 Å². The van der Waals surface area contributed by atoms with Crippen molar-refractivity contribution in [3.63, 3.8) is 0 Å². The van der Waals surface area contributed by atoms with E-state index in [1.54, 1.807) is 0 Å². The molecular formula is C20H36O2Si. The summed E-state index contributed by atoms with van der Waals surface area (Å²) in [6.45, 7) is 20.9. The van der Waals surface area contributed by atoms with Crippen LogP contribution in [0.3, 0.4) is 0 Å². The lowest BCUT2D eigenvalue weighted by atomic mass is 9.86. The van der Waals surface area contributed by atoms with Gasteiger partial charge in [0.05, 0.1) is 6.10 Å². The van der Waals surface area contributed by atoms with Gasteiger partial charge in [-0.3, -0.25) is 4.79 Å². The lowest BCUT2D eigenvalue weighted by Gasteiger charge is -2.45. The third kappa shape index (κ3) is 3.11. The molecule has 3 atom stereocenters. The second-order valence-electron chi connectivity index (χ2n) is 10.0. The second kappa shape index (κ2) is 5.84. The zero-order chi connectivity index (χ0) is 17.8. The molecule has 0 aromatic carbocycles. The maximum Gasteiger partial charge on any atom is 0.193 e. The van der Waals surface area contributed by atoms with E-state index in [4.69, 9.17) is 4.43 Å². The maximum absolute atomic E-state index is 11.7. The molecule has 0 aromatic heterocycles. The first kappa shape index (κ1) is 18.9. The molecule has 0 spiro atoms. The highest BCUT2D eigenvalue weighted by Crippen LogP contribution is 2.56. The van der Waals surface area contributed by atoms with Crippen LogP contribution in [0.1, 0.15) is 61.3 Å². The van der Waals surface area contributed by atoms with Gasteiger partial charge in [-0.1, -0.05) is 54.0 Å². The molecule has 1 saturated carbocycles. The summed E-state index contributed by atoms with van der Waals surface area (Å²) in [6.07, 6.45) is 3.53. The number of carbonyl (C=O) groups excluding carboxylic acids is 1. The van der Waals surface area contributed by atoms with Gasteiger partial charge in [-0.05, 0) is 47.9 Å². The summed E-state index contributed by atoms with van der Waals surface area (Å²) in [5.74, 6) is 1.30. The molecule has 0 aliphatic heterocycles. The van der Waals surface area contributed by atoms with Crippen LogP contribution in [0, 0.1) is 23.2 Å². The van der Waals surface area contributed by atoms with Crippen LogP contribution in [0.5, 0.6) is 0 Å². The number of fused-ring (bicyclic) bond motifs is 1. The fourth-order valence-electron chi connectivity index (χ4n) is 4.44. The van der Waals surface area contributed by atoms with Crippen LogP contribution < -0.4 is 0 Å². The molecule has 2 aliphatic rings. The van der Waals surface area contributed by atoms with Crippen molar-refractivity contribution in [2.45, 2.75) is 85.5 Å². The monoisotopic (exact) mass is 336 g/mol. The molecule has 0 radical (unpaired) electrons.